The van der Waals surface area contributed by atoms with Gasteiger partial charge >= 0.3 is 5.69 Å². The molecule has 12 heteroatoms. The number of rotatable bonds is 6. The molecule has 1 fully saturated rings. The molecule has 0 spiro atoms. The van der Waals surface area contributed by atoms with Crippen molar-refractivity contribution in [2.75, 3.05) is 7.11 Å². The van der Waals surface area contributed by atoms with Gasteiger partial charge in [-0.15, -0.1) is 0 Å². The van der Waals surface area contributed by atoms with Gasteiger partial charge in [-0.3, -0.25) is 18.7 Å². The number of nitrogens with zero attached hydrogens (tertiary/aromatic N) is 6. The summed E-state index contributed by atoms with van der Waals surface area (Å²) in [6, 6.07) is 0.00748. The van der Waals surface area contributed by atoms with Crippen molar-refractivity contribution < 1.29 is 14.3 Å². The predicted molar refractivity (Wildman–Crippen MR) is 114 cm³/mol. The molecule has 1 aliphatic rings. The highest BCUT2D eigenvalue weighted by Crippen LogP contribution is 2.27. The third-order valence-electron chi connectivity index (χ3n) is 5.68. The molecule has 3 aromatic rings. The molecule has 0 atom stereocenters. The fraction of sp³-hybridized carbons (Fsp3) is 0.500. The summed E-state index contributed by atoms with van der Waals surface area (Å²) in [4.78, 5) is 49.6. The van der Waals surface area contributed by atoms with Crippen LogP contribution >= 0.6 is 0 Å². The third kappa shape index (κ3) is 4.07. The van der Waals surface area contributed by atoms with Crippen molar-refractivity contribution in [1.82, 2.24) is 34.0 Å². The number of hydrogen-bond donors (Lipinski definition) is 1. The van der Waals surface area contributed by atoms with E-state index in [4.69, 9.17) is 9.47 Å². The summed E-state index contributed by atoms with van der Waals surface area (Å²) in [6.07, 6.45) is 7.47. The first-order valence-electron chi connectivity index (χ1n) is 10.3. The number of nitrogens with one attached hydrogen (secondary N) is 1. The highest BCUT2D eigenvalue weighted by Gasteiger charge is 2.25. The molecular formula is C20H25N7O5. The van der Waals surface area contributed by atoms with E-state index in [-0.39, 0.29) is 35.8 Å². The lowest BCUT2D eigenvalue weighted by Gasteiger charge is -2.29. The highest BCUT2D eigenvalue weighted by molar-refractivity contribution is 5.79. The SMILES string of the molecule is COc1nccnc1OC1CCC(NC(=O)Cn2cnc3c2c(=O)n(C)c(=O)n3C)CC1. The summed E-state index contributed by atoms with van der Waals surface area (Å²) in [7, 11) is 4.46. The van der Waals surface area contributed by atoms with E-state index >= 15 is 0 Å². The molecule has 3 aromatic heterocycles. The summed E-state index contributed by atoms with van der Waals surface area (Å²) in [5, 5.41) is 3.02. The number of imidazole rings is 1. The Morgan fingerprint density at radius 1 is 1.06 bits per heavy atom. The fourth-order valence-electron chi connectivity index (χ4n) is 3.96. The monoisotopic (exact) mass is 443 g/mol. The molecule has 1 aliphatic carbocycles. The van der Waals surface area contributed by atoms with Crippen LogP contribution in [0.25, 0.3) is 11.2 Å². The van der Waals surface area contributed by atoms with Crippen molar-refractivity contribution in [1.29, 1.82) is 0 Å². The maximum atomic E-state index is 12.6. The lowest BCUT2D eigenvalue weighted by atomic mass is 9.93. The molecule has 0 aromatic carbocycles. The zero-order chi connectivity index (χ0) is 22.8. The first kappa shape index (κ1) is 21.5. The number of methoxy groups -OCH3 is 1. The second kappa shape index (κ2) is 8.81. The van der Waals surface area contributed by atoms with Gasteiger partial charge in [0.2, 0.25) is 5.91 Å². The lowest BCUT2D eigenvalue weighted by Crippen LogP contribution is -2.41. The van der Waals surface area contributed by atoms with Gasteiger partial charge in [-0.1, -0.05) is 0 Å². The van der Waals surface area contributed by atoms with Gasteiger partial charge in [0.05, 0.1) is 13.4 Å². The van der Waals surface area contributed by atoms with E-state index in [1.54, 1.807) is 13.2 Å². The van der Waals surface area contributed by atoms with Crippen molar-refractivity contribution in [3.63, 3.8) is 0 Å². The number of hydrogen-bond acceptors (Lipinski definition) is 8. The normalized spacial score (nSPS) is 18.5. The van der Waals surface area contributed by atoms with Crippen molar-refractivity contribution in [2.24, 2.45) is 14.1 Å². The molecule has 3 heterocycles. The van der Waals surface area contributed by atoms with Crippen LogP contribution in [0.4, 0.5) is 0 Å². The Bertz CT molecular complexity index is 1250. The molecule has 12 nitrogen and oxygen atoms in total. The smallest absolute Gasteiger partial charge is 0.332 e. The second-order valence-corrected chi connectivity index (χ2v) is 7.78. The first-order valence-corrected chi connectivity index (χ1v) is 10.3. The maximum Gasteiger partial charge on any atom is 0.332 e. The Morgan fingerprint density at radius 3 is 2.44 bits per heavy atom. The standard InChI is InChI=1S/C20H25N7O5/c1-25-16-15(19(29)26(2)20(25)30)27(11-23-16)10-14(28)24-12-4-6-13(7-5-12)32-18-17(31-3)21-8-9-22-18/h8-9,11-13H,4-7,10H2,1-3H3,(H,24,28). The van der Waals surface area contributed by atoms with Crippen LogP contribution < -0.4 is 26.0 Å². The molecule has 1 N–H and O–H groups in total. The number of carbonyl (C=O) groups excluding carboxylic acids is 1. The molecule has 4 rings (SSSR count). The van der Waals surface area contributed by atoms with Gasteiger partial charge in [0.15, 0.2) is 11.2 Å². The van der Waals surface area contributed by atoms with Crippen molar-refractivity contribution >= 4 is 17.1 Å². The summed E-state index contributed by atoms with van der Waals surface area (Å²) in [5.74, 6) is 0.491. The number of aryl methyl sites for hydroxylation is 1. The van der Waals surface area contributed by atoms with E-state index in [0.717, 1.165) is 30.3 Å². The van der Waals surface area contributed by atoms with Crippen molar-refractivity contribution in [2.45, 2.75) is 44.4 Å². The van der Waals surface area contributed by atoms with Gasteiger partial charge in [0.25, 0.3) is 17.3 Å². The average Bonchev–Trinajstić information content (AvgIpc) is 3.21. The van der Waals surface area contributed by atoms with Crippen LogP contribution in [0.3, 0.4) is 0 Å². The minimum absolute atomic E-state index is 0.00748. The fourth-order valence-corrected chi connectivity index (χ4v) is 3.96. The van der Waals surface area contributed by atoms with Gasteiger partial charge in [-0.25, -0.2) is 19.7 Å². The highest BCUT2D eigenvalue weighted by atomic mass is 16.5. The summed E-state index contributed by atoms with van der Waals surface area (Å²) in [5.41, 5.74) is -0.469. The molecule has 0 aliphatic heterocycles. The molecule has 32 heavy (non-hydrogen) atoms. The Morgan fingerprint density at radius 2 is 1.75 bits per heavy atom. The van der Waals surface area contributed by atoms with Gasteiger partial charge in [0.1, 0.15) is 12.6 Å². The van der Waals surface area contributed by atoms with E-state index < -0.39 is 11.2 Å². The van der Waals surface area contributed by atoms with Crippen LogP contribution in [0.15, 0.2) is 28.3 Å². The van der Waals surface area contributed by atoms with Crippen molar-refractivity contribution in [3.8, 4) is 11.8 Å². The number of ether oxygens (including phenoxy) is 2. The van der Waals surface area contributed by atoms with Crippen LogP contribution in [0, 0.1) is 0 Å². The topological polar surface area (TPSA) is 135 Å². The Hall–Kier alpha value is -3.70. The van der Waals surface area contributed by atoms with Gasteiger partial charge in [-0.05, 0) is 25.7 Å². The van der Waals surface area contributed by atoms with Crippen LogP contribution in [-0.4, -0.2) is 53.8 Å². The van der Waals surface area contributed by atoms with Gasteiger partial charge < -0.3 is 19.4 Å². The van der Waals surface area contributed by atoms with Crippen LogP contribution in [0.2, 0.25) is 0 Å². The minimum Gasteiger partial charge on any atom is -0.477 e. The minimum atomic E-state index is -0.481. The molecule has 0 bridgehead atoms. The van der Waals surface area contributed by atoms with Crippen LogP contribution in [0.5, 0.6) is 11.8 Å². The molecule has 1 amide bonds. The summed E-state index contributed by atoms with van der Waals surface area (Å²) in [6.45, 7) is -0.0584. The molecule has 1 saturated carbocycles. The molecular weight excluding hydrogens is 418 g/mol. The molecule has 170 valence electrons. The Labute approximate surface area is 182 Å². The quantitative estimate of drug-likeness (QED) is 0.550. The number of amides is 1. The van der Waals surface area contributed by atoms with E-state index in [2.05, 4.69) is 20.3 Å². The average molecular weight is 443 g/mol. The molecule has 0 saturated heterocycles. The van der Waals surface area contributed by atoms with E-state index in [0.29, 0.717) is 11.8 Å². The number of carbonyl (C=O) groups is 1. The van der Waals surface area contributed by atoms with E-state index in [9.17, 15) is 14.4 Å². The van der Waals surface area contributed by atoms with Gasteiger partial charge in [0, 0.05) is 32.5 Å². The lowest BCUT2D eigenvalue weighted by molar-refractivity contribution is -0.122. The van der Waals surface area contributed by atoms with E-state index in [1.807, 2.05) is 0 Å². The Kier molecular flexibility index (Phi) is 5.93. The first-order chi connectivity index (χ1) is 15.4. The van der Waals surface area contributed by atoms with Gasteiger partial charge in [-0.2, -0.15) is 0 Å². The maximum absolute atomic E-state index is 12.6. The molecule has 0 unspecified atom stereocenters. The predicted octanol–water partition coefficient (Wildman–Crippen LogP) is -0.261. The summed E-state index contributed by atoms with van der Waals surface area (Å²) >= 11 is 0. The largest absolute Gasteiger partial charge is 0.477 e. The second-order valence-electron chi connectivity index (χ2n) is 7.78. The zero-order valence-corrected chi connectivity index (χ0v) is 18.1. The third-order valence-corrected chi connectivity index (χ3v) is 5.68. The van der Waals surface area contributed by atoms with Crippen LogP contribution in [0.1, 0.15) is 25.7 Å². The van der Waals surface area contributed by atoms with Crippen LogP contribution in [-0.2, 0) is 25.4 Å². The summed E-state index contributed by atoms with van der Waals surface area (Å²) < 4.78 is 14.9. The van der Waals surface area contributed by atoms with Crippen molar-refractivity contribution in [3.05, 3.63) is 39.6 Å². The Balaban J connectivity index is 1.36. The number of fused-ring (bicyclic) bond motifs is 1. The molecule has 0 radical (unpaired) electrons. The number of aromatic nitrogens is 6. The van der Waals surface area contributed by atoms with E-state index in [1.165, 1.54) is 35.8 Å². The zero-order valence-electron chi connectivity index (χ0n) is 18.1.